The third-order valence-corrected chi connectivity index (χ3v) is 3.98. The molecule has 0 atom stereocenters. The van der Waals surface area contributed by atoms with Gasteiger partial charge in [-0.2, -0.15) is 0 Å². The normalized spacial score (nSPS) is 11.1. The number of hydrogen-bond donors (Lipinski definition) is 1. The van der Waals surface area contributed by atoms with Gasteiger partial charge >= 0.3 is 5.97 Å². The molecule has 0 aliphatic heterocycles. The van der Waals surface area contributed by atoms with Crippen molar-refractivity contribution in [2.24, 2.45) is 0 Å². The molecule has 17 heavy (non-hydrogen) atoms. The van der Waals surface area contributed by atoms with Crippen LogP contribution < -0.4 is 0 Å². The number of nitrogens with zero attached hydrogens (tertiary/aromatic N) is 3. The fraction of sp³-hybridized carbons (Fsp3) is 0.100. The van der Waals surface area contributed by atoms with Gasteiger partial charge in [0, 0.05) is 23.5 Å². The number of rotatable bonds is 3. The molecule has 0 spiro atoms. The molecule has 0 amide bonds. The Kier molecular flexibility index (Phi) is 2.41. The van der Waals surface area contributed by atoms with Gasteiger partial charge in [-0.1, -0.05) is 0 Å². The molecule has 1 N–H and O–H groups in total. The van der Waals surface area contributed by atoms with Crippen LogP contribution in [0.2, 0.25) is 0 Å². The standard InChI is InChI=1S/C10H7N3O2S2/c14-9(15)1-6-4-16-10-12-7(3-13(6)10)8-2-11-5-17-8/h2-5H,1H2,(H,14,15). The van der Waals surface area contributed by atoms with Gasteiger partial charge in [-0.15, -0.1) is 22.7 Å². The lowest BCUT2D eigenvalue weighted by atomic mass is 10.3. The molecule has 0 saturated carbocycles. The van der Waals surface area contributed by atoms with Crippen molar-refractivity contribution in [2.75, 3.05) is 0 Å². The van der Waals surface area contributed by atoms with E-state index in [4.69, 9.17) is 5.11 Å². The molecular formula is C10H7N3O2S2. The summed E-state index contributed by atoms with van der Waals surface area (Å²) < 4.78 is 1.83. The highest BCUT2D eigenvalue weighted by atomic mass is 32.1. The molecule has 0 saturated heterocycles. The highest BCUT2D eigenvalue weighted by Crippen LogP contribution is 2.26. The third-order valence-electron chi connectivity index (χ3n) is 2.30. The highest BCUT2D eigenvalue weighted by Gasteiger charge is 2.12. The summed E-state index contributed by atoms with van der Waals surface area (Å²) in [5, 5.41) is 10.6. The van der Waals surface area contributed by atoms with E-state index in [0.29, 0.717) is 0 Å². The third kappa shape index (κ3) is 1.83. The number of carbonyl (C=O) groups is 1. The van der Waals surface area contributed by atoms with Crippen molar-refractivity contribution in [2.45, 2.75) is 6.42 Å². The van der Waals surface area contributed by atoms with Crippen molar-refractivity contribution in [1.29, 1.82) is 0 Å². The van der Waals surface area contributed by atoms with E-state index in [-0.39, 0.29) is 6.42 Å². The van der Waals surface area contributed by atoms with E-state index in [1.165, 1.54) is 22.7 Å². The van der Waals surface area contributed by atoms with E-state index in [0.717, 1.165) is 21.2 Å². The fourth-order valence-corrected chi connectivity index (χ4v) is 3.02. The molecule has 3 aromatic rings. The number of imidazole rings is 1. The topological polar surface area (TPSA) is 67.5 Å². The predicted molar refractivity (Wildman–Crippen MR) is 65.5 cm³/mol. The van der Waals surface area contributed by atoms with E-state index < -0.39 is 5.97 Å². The lowest BCUT2D eigenvalue weighted by Gasteiger charge is -1.92. The number of carboxylic acid groups (broad SMARTS) is 1. The zero-order valence-electron chi connectivity index (χ0n) is 8.53. The predicted octanol–water partition coefficient (Wildman–Crippen LogP) is 2.15. The molecule has 5 nitrogen and oxygen atoms in total. The van der Waals surface area contributed by atoms with Crippen molar-refractivity contribution in [3.8, 4) is 10.6 Å². The van der Waals surface area contributed by atoms with Crippen LogP contribution in [0, 0.1) is 0 Å². The molecule has 3 aromatic heterocycles. The minimum atomic E-state index is -0.835. The maximum Gasteiger partial charge on any atom is 0.309 e. The van der Waals surface area contributed by atoms with Crippen molar-refractivity contribution in [3.63, 3.8) is 0 Å². The summed E-state index contributed by atoms with van der Waals surface area (Å²) in [7, 11) is 0. The van der Waals surface area contributed by atoms with Gasteiger partial charge in [0.1, 0.15) is 5.69 Å². The first kappa shape index (κ1) is 10.4. The largest absolute Gasteiger partial charge is 0.481 e. The van der Waals surface area contributed by atoms with Crippen LogP contribution >= 0.6 is 22.7 Å². The van der Waals surface area contributed by atoms with Gasteiger partial charge in [0.2, 0.25) is 0 Å². The van der Waals surface area contributed by atoms with E-state index >= 15 is 0 Å². The van der Waals surface area contributed by atoms with Crippen LogP contribution in [0.25, 0.3) is 15.5 Å². The van der Waals surface area contributed by atoms with E-state index in [1.807, 2.05) is 16.0 Å². The smallest absolute Gasteiger partial charge is 0.309 e. The van der Waals surface area contributed by atoms with Gasteiger partial charge in [-0.3, -0.25) is 14.2 Å². The monoisotopic (exact) mass is 265 g/mol. The number of fused-ring (bicyclic) bond motifs is 1. The van der Waals surface area contributed by atoms with E-state index in [9.17, 15) is 4.79 Å². The average Bonchev–Trinajstić information content (AvgIpc) is 2.93. The summed E-state index contributed by atoms with van der Waals surface area (Å²) in [6.45, 7) is 0. The lowest BCUT2D eigenvalue weighted by Crippen LogP contribution is -2.01. The number of aromatic nitrogens is 3. The maximum atomic E-state index is 10.7. The van der Waals surface area contributed by atoms with Crippen LogP contribution in [0.5, 0.6) is 0 Å². The number of thiazole rings is 2. The second-order valence-electron chi connectivity index (χ2n) is 3.44. The Balaban J connectivity index is 2.08. The van der Waals surface area contributed by atoms with E-state index in [1.54, 1.807) is 11.7 Å². The van der Waals surface area contributed by atoms with E-state index in [2.05, 4.69) is 9.97 Å². The molecule has 3 heterocycles. The number of hydrogen-bond acceptors (Lipinski definition) is 5. The fourth-order valence-electron chi connectivity index (χ4n) is 1.57. The van der Waals surface area contributed by atoms with Crippen LogP contribution in [0.4, 0.5) is 0 Å². The van der Waals surface area contributed by atoms with Crippen LogP contribution in [0.15, 0.2) is 23.3 Å². The molecule has 0 bridgehead atoms. The Labute approximate surface area is 104 Å². The molecular weight excluding hydrogens is 258 g/mol. The van der Waals surface area contributed by atoms with Gasteiger partial charge in [0.15, 0.2) is 4.96 Å². The Bertz CT molecular complexity index is 669. The Morgan fingerprint density at radius 1 is 1.47 bits per heavy atom. The lowest BCUT2D eigenvalue weighted by molar-refractivity contribution is -0.136. The van der Waals surface area contributed by atoms with Crippen molar-refractivity contribution in [3.05, 3.63) is 29.0 Å². The molecule has 0 unspecified atom stereocenters. The zero-order chi connectivity index (χ0) is 11.8. The van der Waals surface area contributed by atoms with Crippen LogP contribution in [-0.4, -0.2) is 25.4 Å². The molecule has 0 radical (unpaired) electrons. The summed E-state index contributed by atoms with van der Waals surface area (Å²) >= 11 is 2.96. The van der Waals surface area contributed by atoms with Gasteiger partial charge in [0.25, 0.3) is 0 Å². The Morgan fingerprint density at radius 2 is 2.35 bits per heavy atom. The van der Waals surface area contributed by atoms with Crippen LogP contribution in [0.1, 0.15) is 5.69 Å². The molecule has 7 heteroatoms. The first-order valence-electron chi connectivity index (χ1n) is 4.80. The van der Waals surface area contributed by atoms with Gasteiger partial charge in [-0.05, 0) is 0 Å². The molecule has 0 aliphatic rings. The highest BCUT2D eigenvalue weighted by molar-refractivity contribution is 7.15. The van der Waals surface area contributed by atoms with Crippen molar-refractivity contribution < 1.29 is 9.90 Å². The van der Waals surface area contributed by atoms with Gasteiger partial charge in [0.05, 0.1) is 16.8 Å². The molecule has 3 rings (SSSR count). The summed E-state index contributed by atoms with van der Waals surface area (Å²) in [4.78, 5) is 21.0. The Morgan fingerprint density at radius 3 is 3.06 bits per heavy atom. The van der Waals surface area contributed by atoms with Crippen molar-refractivity contribution in [1.82, 2.24) is 14.4 Å². The maximum absolute atomic E-state index is 10.7. The minimum Gasteiger partial charge on any atom is -0.481 e. The summed E-state index contributed by atoms with van der Waals surface area (Å²) in [6, 6.07) is 0. The number of aliphatic carboxylic acids is 1. The van der Waals surface area contributed by atoms with Crippen LogP contribution in [-0.2, 0) is 11.2 Å². The molecule has 0 fully saturated rings. The minimum absolute atomic E-state index is 0.0124. The first-order chi connectivity index (χ1) is 8.24. The summed E-state index contributed by atoms with van der Waals surface area (Å²) in [5.41, 5.74) is 3.34. The van der Waals surface area contributed by atoms with Crippen molar-refractivity contribution >= 4 is 33.6 Å². The second kappa shape index (κ2) is 3.94. The SMILES string of the molecule is O=C(O)Cc1csc2nc(-c3cncs3)cn12. The van der Waals surface area contributed by atoms with Gasteiger partial charge < -0.3 is 5.11 Å². The quantitative estimate of drug-likeness (QED) is 0.788. The Hall–Kier alpha value is -1.73. The second-order valence-corrected chi connectivity index (χ2v) is 5.16. The first-order valence-corrected chi connectivity index (χ1v) is 6.56. The van der Waals surface area contributed by atoms with Gasteiger partial charge in [-0.25, -0.2) is 4.98 Å². The zero-order valence-corrected chi connectivity index (χ0v) is 10.2. The van der Waals surface area contributed by atoms with Crippen LogP contribution in [0.3, 0.4) is 0 Å². The summed E-state index contributed by atoms with van der Waals surface area (Å²) in [6.07, 6.45) is 3.63. The average molecular weight is 265 g/mol. The molecule has 0 aromatic carbocycles. The molecule has 0 aliphatic carbocycles. The molecule has 86 valence electrons. The summed E-state index contributed by atoms with van der Waals surface area (Å²) in [5.74, 6) is -0.835. The number of carboxylic acids is 1.